The standard InChI is InChI=1S/C36H29BrN2O6/c1-18-14-28(40)26-17-25-23(30(32(26)33(18)41)19-15-27(37)34(42)29(16-19)45-2)12-13-24-31(25)36(44)39(35(24)43)22-10-8-21(9-11-22)38-20-6-4-3-5-7-20/h3-12,14-16,24-25,30-31,38,42H,13,17H2,1-2H3/t24-,25+,30-,31-/m0/s1. The fourth-order valence-corrected chi connectivity index (χ4v) is 7.75. The van der Waals surface area contributed by atoms with E-state index < -0.39 is 23.7 Å². The lowest BCUT2D eigenvalue weighted by atomic mass is 9.59. The van der Waals surface area contributed by atoms with Crippen molar-refractivity contribution >= 4 is 56.4 Å². The number of aromatic hydroxyl groups is 1. The Bertz CT molecular complexity index is 1890. The molecule has 8 nitrogen and oxygen atoms in total. The van der Waals surface area contributed by atoms with Gasteiger partial charge in [0.25, 0.3) is 0 Å². The summed E-state index contributed by atoms with van der Waals surface area (Å²) in [5.41, 5.74) is 4.81. The third-order valence-electron chi connectivity index (χ3n) is 9.36. The van der Waals surface area contributed by atoms with Crippen molar-refractivity contribution in [2.45, 2.75) is 25.7 Å². The number of para-hydroxylation sites is 1. The number of nitrogens with zero attached hydrogens (tertiary/aromatic N) is 1. The fourth-order valence-electron chi connectivity index (χ4n) is 7.29. The highest BCUT2D eigenvalue weighted by Gasteiger charge is 2.56. The first-order chi connectivity index (χ1) is 21.7. The van der Waals surface area contributed by atoms with E-state index in [1.54, 1.807) is 31.2 Å². The minimum Gasteiger partial charge on any atom is -0.503 e. The van der Waals surface area contributed by atoms with Crippen molar-refractivity contribution in [3.8, 4) is 11.5 Å². The number of imide groups is 1. The number of phenolic OH excluding ortho intramolecular Hbond substituents is 1. The van der Waals surface area contributed by atoms with Crippen LogP contribution in [0.3, 0.4) is 0 Å². The molecular weight excluding hydrogens is 636 g/mol. The summed E-state index contributed by atoms with van der Waals surface area (Å²) < 4.78 is 5.79. The first kappa shape index (κ1) is 29.0. The van der Waals surface area contributed by atoms with Gasteiger partial charge in [0.15, 0.2) is 23.1 Å². The smallest absolute Gasteiger partial charge is 0.238 e. The maximum atomic E-state index is 14.2. The van der Waals surface area contributed by atoms with Crippen LogP contribution in [0.2, 0.25) is 0 Å². The minimum atomic E-state index is -0.687. The molecule has 3 aromatic rings. The summed E-state index contributed by atoms with van der Waals surface area (Å²) in [5.74, 6) is -3.30. The molecule has 1 fully saturated rings. The number of halogens is 1. The topological polar surface area (TPSA) is 113 Å². The lowest BCUT2D eigenvalue weighted by Gasteiger charge is -2.42. The van der Waals surface area contributed by atoms with E-state index in [2.05, 4.69) is 21.2 Å². The second-order valence-corrected chi connectivity index (χ2v) is 12.7. The van der Waals surface area contributed by atoms with Gasteiger partial charge in [-0.05, 0) is 102 Å². The monoisotopic (exact) mass is 664 g/mol. The van der Waals surface area contributed by atoms with Gasteiger partial charge in [-0.2, -0.15) is 0 Å². The number of carbonyl (C=O) groups is 4. The van der Waals surface area contributed by atoms with E-state index in [4.69, 9.17) is 4.74 Å². The van der Waals surface area contributed by atoms with E-state index in [0.717, 1.165) is 16.9 Å². The summed E-state index contributed by atoms with van der Waals surface area (Å²) in [4.78, 5) is 56.4. The molecule has 4 atom stereocenters. The molecule has 1 saturated heterocycles. The maximum Gasteiger partial charge on any atom is 0.238 e. The normalized spacial score (nSPS) is 24.1. The average molecular weight is 666 g/mol. The van der Waals surface area contributed by atoms with Crippen molar-refractivity contribution in [3.05, 3.63) is 111 Å². The van der Waals surface area contributed by atoms with Gasteiger partial charge < -0.3 is 15.2 Å². The Hall–Kier alpha value is -4.76. The lowest BCUT2D eigenvalue weighted by Crippen LogP contribution is -2.39. The number of ketones is 2. The Kier molecular flexibility index (Phi) is 7.08. The van der Waals surface area contributed by atoms with Crippen molar-refractivity contribution in [2.24, 2.45) is 17.8 Å². The van der Waals surface area contributed by atoms with Gasteiger partial charge in [0.05, 0.1) is 29.1 Å². The first-order valence-corrected chi connectivity index (χ1v) is 15.5. The van der Waals surface area contributed by atoms with Gasteiger partial charge in [0.1, 0.15) is 0 Å². The van der Waals surface area contributed by atoms with Crippen LogP contribution in [0.1, 0.15) is 31.2 Å². The van der Waals surface area contributed by atoms with Crippen LogP contribution in [0.15, 0.2) is 106 Å². The second-order valence-electron chi connectivity index (χ2n) is 11.8. The van der Waals surface area contributed by atoms with E-state index in [-0.39, 0.29) is 41.3 Å². The van der Waals surface area contributed by atoms with E-state index >= 15 is 0 Å². The quantitative estimate of drug-likeness (QED) is 0.181. The SMILES string of the molecule is COc1cc([C@H]2C3=CC[C@@H]4C(=O)N(c5ccc(Nc6ccccc6)cc5)C(=O)[C@@H]4[C@@H]3CC3=C2C(=O)C(C)=CC3=O)cc(Br)c1O. The molecule has 0 spiro atoms. The molecule has 0 aromatic heterocycles. The van der Waals surface area contributed by atoms with E-state index in [1.807, 2.05) is 48.5 Å². The second kappa shape index (κ2) is 11.0. The Morgan fingerprint density at radius 1 is 0.933 bits per heavy atom. The fraction of sp³-hybridized carbons (Fsp3) is 0.222. The Morgan fingerprint density at radius 3 is 2.36 bits per heavy atom. The zero-order valence-electron chi connectivity index (χ0n) is 24.5. The van der Waals surface area contributed by atoms with Crippen molar-refractivity contribution in [2.75, 3.05) is 17.3 Å². The van der Waals surface area contributed by atoms with Crippen molar-refractivity contribution in [3.63, 3.8) is 0 Å². The van der Waals surface area contributed by atoms with Crippen LogP contribution in [0.4, 0.5) is 17.1 Å². The van der Waals surface area contributed by atoms with Crippen LogP contribution in [0.5, 0.6) is 11.5 Å². The molecule has 3 aliphatic carbocycles. The summed E-state index contributed by atoms with van der Waals surface area (Å²) >= 11 is 3.40. The molecule has 4 aliphatic rings. The number of allylic oxidation sites excluding steroid dienone is 6. The van der Waals surface area contributed by atoms with Crippen LogP contribution in [-0.2, 0) is 19.2 Å². The van der Waals surface area contributed by atoms with E-state index in [1.165, 1.54) is 18.1 Å². The van der Waals surface area contributed by atoms with E-state index in [9.17, 15) is 24.3 Å². The van der Waals surface area contributed by atoms with Crippen molar-refractivity contribution in [1.29, 1.82) is 0 Å². The lowest BCUT2D eigenvalue weighted by molar-refractivity contribution is -0.123. The number of phenols is 1. The number of benzene rings is 3. The summed E-state index contributed by atoms with van der Waals surface area (Å²) in [6.07, 6.45) is 3.86. The molecule has 0 saturated carbocycles. The molecule has 45 heavy (non-hydrogen) atoms. The van der Waals surface area contributed by atoms with Gasteiger partial charge in [0.2, 0.25) is 11.8 Å². The summed E-state index contributed by atoms with van der Waals surface area (Å²) in [6, 6.07) is 20.3. The Morgan fingerprint density at radius 2 is 1.64 bits per heavy atom. The van der Waals surface area contributed by atoms with Crippen molar-refractivity contribution in [1.82, 2.24) is 0 Å². The van der Waals surface area contributed by atoms with Gasteiger partial charge in [0, 0.05) is 34.0 Å². The van der Waals surface area contributed by atoms with Gasteiger partial charge in [-0.1, -0.05) is 29.8 Å². The molecule has 9 heteroatoms. The molecule has 2 amide bonds. The van der Waals surface area contributed by atoms with Crippen LogP contribution >= 0.6 is 15.9 Å². The number of nitrogens with one attached hydrogen (secondary N) is 1. The van der Waals surface area contributed by atoms with Crippen LogP contribution in [-0.4, -0.2) is 35.6 Å². The molecule has 0 bridgehead atoms. The number of anilines is 3. The highest BCUT2D eigenvalue weighted by atomic mass is 79.9. The number of amides is 2. The number of Topliss-reactive ketones (excluding diaryl/α,β-unsaturated/α-hetero) is 1. The minimum absolute atomic E-state index is 0.0835. The summed E-state index contributed by atoms with van der Waals surface area (Å²) in [6.45, 7) is 1.63. The predicted molar refractivity (Wildman–Crippen MR) is 172 cm³/mol. The highest BCUT2D eigenvalue weighted by molar-refractivity contribution is 9.10. The molecular formula is C36H29BrN2O6. The number of rotatable bonds is 5. The third kappa shape index (κ3) is 4.64. The third-order valence-corrected chi connectivity index (χ3v) is 9.96. The Labute approximate surface area is 268 Å². The van der Waals surface area contributed by atoms with Crippen molar-refractivity contribution < 1.29 is 29.0 Å². The largest absolute Gasteiger partial charge is 0.503 e. The number of hydrogen-bond acceptors (Lipinski definition) is 7. The maximum absolute atomic E-state index is 14.2. The number of hydrogen-bond donors (Lipinski definition) is 2. The van der Waals surface area contributed by atoms with Crippen LogP contribution < -0.4 is 15.0 Å². The van der Waals surface area contributed by atoms with Crippen LogP contribution in [0, 0.1) is 17.8 Å². The molecule has 0 unspecified atom stereocenters. The van der Waals surface area contributed by atoms with Gasteiger partial charge in [-0.15, -0.1) is 0 Å². The number of fused-ring (bicyclic) bond motifs is 3. The van der Waals surface area contributed by atoms with Crippen LogP contribution in [0.25, 0.3) is 0 Å². The molecule has 0 radical (unpaired) electrons. The molecule has 1 heterocycles. The zero-order valence-corrected chi connectivity index (χ0v) is 26.1. The zero-order chi connectivity index (χ0) is 31.6. The summed E-state index contributed by atoms with van der Waals surface area (Å²) in [7, 11) is 1.44. The number of methoxy groups -OCH3 is 1. The molecule has 2 N–H and O–H groups in total. The molecule has 3 aromatic carbocycles. The predicted octanol–water partition coefficient (Wildman–Crippen LogP) is 6.54. The highest BCUT2D eigenvalue weighted by Crippen LogP contribution is 2.56. The molecule has 226 valence electrons. The van der Waals surface area contributed by atoms with E-state index in [0.29, 0.717) is 38.9 Å². The van der Waals surface area contributed by atoms with Gasteiger partial charge >= 0.3 is 0 Å². The number of carbonyl (C=O) groups excluding carboxylic acids is 4. The molecule has 7 rings (SSSR count). The Balaban J connectivity index is 1.27. The summed E-state index contributed by atoms with van der Waals surface area (Å²) in [5, 5.41) is 13.8. The average Bonchev–Trinajstić information content (AvgIpc) is 3.30. The number of ether oxygens (including phenoxy) is 1. The van der Waals surface area contributed by atoms with Gasteiger partial charge in [-0.25, -0.2) is 0 Å². The first-order valence-electron chi connectivity index (χ1n) is 14.7. The van der Waals surface area contributed by atoms with Gasteiger partial charge in [-0.3, -0.25) is 24.1 Å². The molecule has 1 aliphatic heterocycles.